The molecule has 0 bridgehead atoms. The number of rotatable bonds is 4. The Morgan fingerprint density at radius 3 is 2.58 bits per heavy atom. The van der Waals surface area contributed by atoms with Crippen LogP contribution in [0.3, 0.4) is 0 Å². The van der Waals surface area contributed by atoms with E-state index in [1.165, 1.54) is 12.1 Å². The van der Waals surface area contributed by atoms with Crippen molar-refractivity contribution in [2.24, 2.45) is 0 Å². The maximum absolute atomic E-state index is 13.0. The molecule has 2 atom stereocenters. The molecular formula is C14H15F4N5O. The van der Waals surface area contributed by atoms with Crippen molar-refractivity contribution in [3.05, 3.63) is 41.5 Å². The molecule has 3 rings (SSSR count). The van der Waals surface area contributed by atoms with E-state index in [0.717, 1.165) is 5.56 Å². The summed E-state index contributed by atoms with van der Waals surface area (Å²) in [5.41, 5.74) is 0.815. The molecule has 1 aromatic carbocycles. The fourth-order valence-electron chi connectivity index (χ4n) is 2.83. The number of hydrogen-bond acceptors (Lipinski definition) is 5. The minimum atomic E-state index is -4.42. The van der Waals surface area contributed by atoms with E-state index < -0.39 is 18.8 Å². The van der Waals surface area contributed by atoms with E-state index in [0.29, 0.717) is 17.8 Å². The van der Waals surface area contributed by atoms with E-state index in [-0.39, 0.29) is 24.2 Å². The zero-order chi connectivity index (χ0) is 17.3. The van der Waals surface area contributed by atoms with Crippen LogP contribution < -0.4 is 0 Å². The number of hydrogen-bond donors (Lipinski definition) is 1. The topological polar surface area (TPSA) is 67.1 Å². The molecular weight excluding hydrogens is 330 g/mol. The molecule has 1 fully saturated rings. The molecule has 2 unspecified atom stereocenters. The molecule has 0 saturated carbocycles. The molecule has 1 aliphatic heterocycles. The van der Waals surface area contributed by atoms with Gasteiger partial charge in [0.15, 0.2) is 12.4 Å². The molecule has 10 heteroatoms. The fraction of sp³-hybridized carbons (Fsp3) is 0.500. The van der Waals surface area contributed by atoms with Crippen LogP contribution in [0.2, 0.25) is 0 Å². The van der Waals surface area contributed by atoms with Crippen molar-refractivity contribution in [2.75, 3.05) is 6.54 Å². The molecule has 1 saturated heterocycles. The number of β-amino-alcohol motifs (C(OH)–C–C–N with tert-alkyl or cyclic N) is 1. The van der Waals surface area contributed by atoms with Gasteiger partial charge in [0.2, 0.25) is 0 Å². The normalized spacial score (nSPS) is 22.2. The number of halogens is 4. The number of alkyl halides is 3. The van der Waals surface area contributed by atoms with Gasteiger partial charge in [0.25, 0.3) is 0 Å². The Hall–Kier alpha value is -2.07. The first-order valence-corrected chi connectivity index (χ1v) is 7.31. The van der Waals surface area contributed by atoms with E-state index in [1.807, 2.05) is 4.90 Å². The number of aliphatic hydroxyl groups is 1. The molecule has 2 heterocycles. The Morgan fingerprint density at radius 1 is 1.21 bits per heavy atom. The molecule has 1 aromatic heterocycles. The molecule has 130 valence electrons. The number of tetrazole rings is 1. The maximum Gasteiger partial charge on any atom is 0.409 e. The van der Waals surface area contributed by atoms with Gasteiger partial charge in [-0.05, 0) is 29.3 Å². The molecule has 2 aromatic rings. The SMILES string of the molecule is OC1CC(c2ccc(F)cc2)N(Cc2nnn(CC(F)(F)F)n2)C1. The summed E-state index contributed by atoms with van der Waals surface area (Å²) in [6.07, 6.45) is -4.55. The lowest BCUT2D eigenvalue weighted by Gasteiger charge is -2.22. The number of aliphatic hydroxyl groups excluding tert-OH is 1. The summed E-state index contributed by atoms with van der Waals surface area (Å²) in [5, 5.41) is 20.6. The highest BCUT2D eigenvalue weighted by Gasteiger charge is 2.33. The van der Waals surface area contributed by atoms with Crippen LogP contribution in [0.1, 0.15) is 23.9 Å². The number of aromatic nitrogens is 4. The second-order valence-corrected chi connectivity index (χ2v) is 5.74. The Morgan fingerprint density at radius 2 is 1.92 bits per heavy atom. The van der Waals surface area contributed by atoms with Crippen LogP contribution in [-0.2, 0) is 13.1 Å². The van der Waals surface area contributed by atoms with Gasteiger partial charge in [0.1, 0.15) is 5.82 Å². The van der Waals surface area contributed by atoms with Crippen molar-refractivity contribution in [1.82, 2.24) is 25.1 Å². The second kappa shape index (κ2) is 6.44. The summed E-state index contributed by atoms with van der Waals surface area (Å²) in [7, 11) is 0. The first-order chi connectivity index (χ1) is 11.3. The molecule has 0 aliphatic carbocycles. The van der Waals surface area contributed by atoms with Crippen molar-refractivity contribution >= 4 is 0 Å². The van der Waals surface area contributed by atoms with Gasteiger partial charge in [-0.2, -0.15) is 18.0 Å². The first kappa shape index (κ1) is 16.8. The average Bonchev–Trinajstić information content (AvgIpc) is 3.05. The minimum absolute atomic E-state index is 0.139. The lowest BCUT2D eigenvalue weighted by Crippen LogP contribution is -2.25. The summed E-state index contributed by atoms with van der Waals surface area (Å²) < 4.78 is 50.0. The van der Waals surface area contributed by atoms with Crippen molar-refractivity contribution in [3.63, 3.8) is 0 Å². The zero-order valence-electron chi connectivity index (χ0n) is 12.5. The Kier molecular flexibility index (Phi) is 4.50. The van der Waals surface area contributed by atoms with Crippen LogP contribution in [0.25, 0.3) is 0 Å². The fourth-order valence-corrected chi connectivity index (χ4v) is 2.83. The van der Waals surface area contributed by atoms with Gasteiger partial charge < -0.3 is 5.11 Å². The van der Waals surface area contributed by atoms with E-state index in [9.17, 15) is 22.7 Å². The smallest absolute Gasteiger partial charge is 0.392 e. The summed E-state index contributed by atoms with van der Waals surface area (Å²) in [4.78, 5) is 2.33. The number of likely N-dealkylation sites (tertiary alicyclic amines) is 1. The molecule has 6 nitrogen and oxygen atoms in total. The van der Waals surface area contributed by atoms with Crippen molar-refractivity contribution < 1.29 is 22.7 Å². The summed E-state index contributed by atoms with van der Waals surface area (Å²) >= 11 is 0. The van der Waals surface area contributed by atoms with Gasteiger partial charge in [-0.15, -0.1) is 10.2 Å². The standard InChI is InChI=1S/C14H15F4N5O/c15-10-3-1-9(2-4-10)12-5-11(24)6-22(12)7-13-19-21-23(20-13)8-14(16,17)18/h1-4,11-12,24H,5-8H2. The van der Waals surface area contributed by atoms with Gasteiger partial charge in [-0.25, -0.2) is 4.39 Å². The van der Waals surface area contributed by atoms with E-state index in [2.05, 4.69) is 15.4 Å². The highest BCUT2D eigenvalue weighted by molar-refractivity contribution is 5.21. The third kappa shape index (κ3) is 4.06. The van der Waals surface area contributed by atoms with Crippen LogP contribution in [0.5, 0.6) is 0 Å². The third-order valence-corrected chi connectivity index (χ3v) is 3.80. The summed E-state index contributed by atoms with van der Waals surface area (Å²) in [6.45, 7) is -0.823. The average molecular weight is 345 g/mol. The van der Waals surface area contributed by atoms with E-state index in [1.54, 1.807) is 12.1 Å². The lowest BCUT2D eigenvalue weighted by atomic mass is 10.0. The molecule has 0 spiro atoms. The van der Waals surface area contributed by atoms with Crippen LogP contribution in [-0.4, -0.2) is 49.0 Å². The Balaban J connectivity index is 1.72. The maximum atomic E-state index is 13.0. The predicted molar refractivity (Wildman–Crippen MR) is 74.0 cm³/mol. The second-order valence-electron chi connectivity index (χ2n) is 5.74. The number of nitrogens with zero attached hydrogens (tertiary/aromatic N) is 5. The van der Waals surface area contributed by atoms with Crippen molar-refractivity contribution in [1.29, 1.82) is 0 Å². The van der Waals surface area contributed by atoms with Crippen LogP contribution >= 0.6 is 0 Å². The quantitative estimate of drug-likeness (QED) is 0.854. The summed E-state index contributed by atoms with van der Waals surface area (Å²) in [6, 6.07) is 5.72. The molecule has 0 amide bonds. The largest absolute Gasteiger partial charge is 0.409 e. The highest BCUT2D eigenvalue weighted by atomic mass is 19.4. The predicted octanol–water partition coefficient (Wildman–Crippen LogP) is 1.68. The Bertz CT molecular complexity index is 687. The Labute approximate surface area is 134 Å². The van der Waals surface area contributed by atoms with Gasteiger partial charge in [0.05, 0.1) is 12.6 Å². The zero-order valence-corrected chi connectivity index (χ0v) is 12.5. The van der Waals surface area contributed by atoms with Gasteiger partial charge in [0, 0.05) is 12.6 Å². The van der Waals surface area contributed by atoms with Gasteiger partial charge >= 0.3 is 6.18 Å². The van der Waals surface area contributed by atoms with Gasteiger partial charge in [-0.3, -0.25) is 4.90 Å². The monoisotopic (exact) mass is 345 g/mol. The highest BCUT2D eigenvalue weighted by Crippen LogP contribution is 2.33. The van der Waals surface area contributed by atoms with E-state index in [4.69, 9.17) is 0 Å². The lowest BCUT2D eigenvalue weighted by molar-refractivity contribution is -0.145. The molecule has 24 heavy (non-hydrogen) atoms. The third-order valence-electron chi connectivity index (χ3n) is 3.80. The number of benzene rings is 1. The van der Waals surface area contributed by atoms with Gasteiger partial charge in [-0.1, -0.05) is 12.1 Å². The van der Waals surface area contributed by atoms with Crippen LogP contribution in [0.4, 0.5) is 17.6 Å². The molecule has 1 N–H and O–H groups in total. The van der Waals surface area contributed by atoms with Crippen LogP contribution in [0.15, 0.2) is 24.3 Å². The van der Waals surface area contributed by atoms with Crippen LogP contribution in [0, 0.1) is 5.82 Å². The van der Waals surface area contributed by atoms with Crippen molar-refractivity contribution in [3.8, 4) is 0 Å². The molecule has 1 aliphatic rings. The summed E-state index contributed by atoms with van der Waals surface area (Å²) in [5.74, 6) is -0.221. The van der Waals surface area contributed by atoms with E-state index >= 15 is 0 Å². The first-order valence-electron chi connectivity index (χ1n) is 7.31. The molecule has 0 radical (unpaired) electrons. The minimum Gasteiger partial charge on any atom is -0.392 e. The van der Waals surface area contributed by atoms with Crippen molar-refractivity contribution in [2.45, 2.75) is 37.8 Å².